The number of halogens is 1. The Bertz CT molecular complexity index is 953. The molecule has 1 N–H and O–H groups in total. The second-order valence-electron chi connectivity index (χ2n) is 6.77. The number of unbranched alkanes of at least 4 members (excludes halogenated alkanes) is 1. The van der Waals surface area contributed by atoms with Crippen LogP contribution in [-0.4, -0.2) is 34.1 Å². The number of carbonyl (C=O) groups is 1. The third-order valence-corrected chi connectivity index (χ3v) is 5.47. The molecule has 2 aromatic carbocycles. The van der Waals surface area contributed by atoms with E-state index in [9.17, 15) is 4.79 Å². The fraction of sp³-hybridized carbons (Fsp3) is 0.400. The van der Waals surface area contributed by atoms with Gasteiger partial charge in [0.1, 0.15) is 5.82 Å². The van der Waals surface area contributed by atoms with Crippen LogP contribution in [-0.2, 0) is 4.74 Å². The van der Waals surface area contributed by atoms with Gasteiger partial charge in [0.05, 0.1) is 23.7 Å². The molecule has 0 saturated carbocycles. The van der Waals surface area contributed by atoms with E-state index in [0.29, 0.717) is 6.61 Å². The quantitative estimate of drug-likeness (QED) is 0.567. The molecular weight excluding hydrogens is 394 g/mol. The lowest BCUT2D eigenvalue weighted by Gasteiger charge is -2.22. The largest absolute Gasteiger partial charge is 0.449 e. The fourth-order valence-electron chi connectivity index (χ4n) is 3.61. The van der Waals surface area contributed by atoms with Gasteiger partial charge in [0.15, 0.2) is 0 Å². The Kier molecular flexibility index (Phi) is 4.85. The molecule has 0 bridgehead atoms. The Morgan fingerprint density at radius 3 is 3.12 bits per heavy atom. The molecule has 1 aromatic heterocycles. The van der Waals surface area contributed by atoms with Crippen LogP contribution < -0.4 is 0 Å². The summed E-state index contributed by atoms with van der Waals surface area (Å²) in [5.74, 6) is 0.848. The van der Waals surface area contributed by atoms with Crippen molar-refractivity contribution < 1.29 is 9.53 Å². The number of ether oxygens (including phenoxy) is 1. The zero-order valence-corrected chi connectivity index (χ0v) is 16.4. The van der Waals surface area contributed by atoms with Gasteiger partial charge in [-0.25, -0.2) is 9.78 Å². The molecule has 0 radical (unpaired) electrons. The van der Waals surface area contributed by atoms with Crippen molar-refractivity contribution in [1.82, 2.24) is 14.9 Å². The molecule has 26 heavy (non-hydrogen) atoms. The summed E-state index contributed by atoms with van der Waals surface area (Å²) in [6.07, 6.45) is 3.57. The van der Waals surface area contributed by atoms with Crippen molar-refractivity contribution in [2.75, 3.05) is 13.2 Å². The van der Waals surface area contributed by atoms with Gasteiger partial charge >= 0.3 is 6.09 Å². The zero-order chi connectivity index (χ0) is 18.1. The Balaban J connectivity index is 1.65. The molecule has 0 aliphatic carbocycles. The summed E-state index contributed by atoms with van der Waals surface area (Å²) in [5, 5.41) is 2.26. The third kappa shape index (κ3) is 3.18. The topological polar surface area (TPSA) is 58.2 Å². The van der Waals surface area contributed by atoms with E-state index in [0.717, 1.165) is 64.3 Å². The molecule has 0 spiro atoms. The van der Waals surface area contributed by atoms with Crippen molar-refractivity contribution in [2.24, 2.45) is 0 Å². The van der Waals surface area contributed by atoms with Crippen LogP contribution in [0.2, 0.25) is 0 Å². The number of benzene rings is 2. The number of H-pyrrole nitrogens is 1. The van der Waals surface area contributed by atoms with E-state index in [2.05, 4.69) is 52.1 Å². The van der Waals surface area contributed by atoms with E-state index >= 15 is 0 Å². The number of imidazole rings is 1. The van der Waals surface area contributed by atoms with E-state index in [1.54, 1.807) is 0 Å². The fourth-order valence-corrected chi connectivity index (χ4v) is 3.98. The second kappa shape index (κ2) is 7.27. The van der Waals surface area contributed by atoms with Crippen molar-refractivity contribution in [2.45, 2.75) is 38.6 Å². The van der Waals surface area contributed by atoms with Crippen LogP contribution in [0.25, 0.3) is 21.8 Å². The summed E-state index contributed by atoms with van der Waals surface area (Å²) in [6.45, 7) is 3.29. The van der Waals surface area contributed by atoms with E-state index in [1.807, 2.05) is 11.0 Å². The first-order chi connectivity index (χ1) is 12.7. The van der Waals surface area contributed by atoms with E-state index in [4.69, 9.17) is 9.72 Å². The maximum absolute atomic E-state index is 12.4. The Morgan fingerprint density at radius 1 is 1.38 bits per heavy atom. The summed E-state index contributed by atoms with van der Waals surface area (Å²) in [4.78, 5) is 22.5. The highest BCUT2D eigenvalue weighted by molar-refractivity contribution is 9.10. The zero-order valence-electron chi connectivity index (χ0n) is 14.8. The number of carbonyl (C=O) groups excluding carboxylic acids is 1. The molecule has 3 aromatic rings. The average molecular weight is 416 g/mol. The lowest BCUT2D eigenvalue weighted by Crippen LogP contribution is -2.31. The van der Waals surface area contributed by atoms with Crippen molar-refractivity contribution in [3.8, 4) is 0 Å². The van der Waals surface area contributed by atoms with Gasteiger partial charge in [-0.3, -0.25) is 4.90 Å². The number of amides is 1. The van der Waals surface area contributed by atoms with Crippen LogP contribution in [0, 0.1) is 0 Å². The molecule has 2 heterocycles. The molecule has 6 heteroatoms. The van der Waals surface area contributed by atoms with Gasteiger partial charge < -0.3 is 9.72 Å². The summed E-state index contributed by atoms with van der Waals surface area (Å²) in [7, 11) is 0. The van der Waals surface area contributed by atoms with Gasteiger partial charge in [0, 0.05) is 16.4 Å². The highest BCUT2D eigenvalue weighted by Gasteiger charge is 2.33. The van der Waals surface area contributed by atoms with Crippen LogP contribution in [0.4, 0.5) is 4.79 Å². The SMILES string of the molecule is CCCCOC(=O)N1CCCC1c1nc2c(ccc3cc(Br)ccc32)[nH]1. The Labute approximate surface area is 160 Å². The average Bonchev–Trinajstić information content (AvgIpc) is 3.28. The van der Waals surface area contributed by atoms with Crippen molar-refractivity contribution in [1.29, 1.82) is 0 Å². The molecule has 1 amide bonds. The number of hydrogen-bond acceptors (Lipinski definition) is 3. The third-order valence-electron chi connectivity index (χ3n) is 4.97. The molecule has 1 atom stereocenters. The van der Waals surface area contributed by atoms with Crippen LogP contribution in [0.3, 0.4) is 0 Å². The monoisotopic (exact) mass is 415 g/mol. The first-order valence-corrected chi connectivity index (χ1v) is 9.98. The van der Waals surface area contributed by atoms with E-state index < -0.39 is 0 Å². The Hall–Kier alpha value is -2.08. The molecule has 1 unspecified atom stereocenters. The summed E-state index contributed by atoms with van der Waals surface area (Å²) >= 11 is 3.52. The van der Waals surface area contributed by atoms with Crippen LogP contribution in [0.5, 0.6) is 0 Å². The highest BCUT2D eigenvalue weighted by atomic mass is 79.9. The van der Waals surface area contributed by atoms with Crippen molar-refractivity contribution >= 4 is 43.8 Å². The maximum Gasteiger partial charge on any atom is 0.410 e. The van der Waals surface area contributed by atoms with Crippen LogP contribution >= 0.6 is 15.9 Å². The van der Waals surface area contributed by atoms with E-state index in [1.165, 1.54) is 0 Å². The molecule has 136 valence electrons. The number of aromatic nitrogens is 2. The van der Waals surface area contributed by atoms with Gasteiger partial charge in [0.25, 0.3) is 0 Å². The normalized spacial score (nSPS) is 17.3. The van der Waals surface area contributed by atoms with Gasteiger partial charge in [-0.1, -0.05) is 41.4 Å². The molecule has 5 nitrogen and oxygen atoms in total. The lowest BCUT2D eigenvalue weighted by atomic mass is 10.1. The molecule has 1 saturated heterocycles. The number of rotatable bonds is 4. The van der Waals surface area contributed by atoms with Crippen molar-refractivity contribution in [3.63, 3.8) is 0 Å². The van der Waals surface area contributed by atoms with Crippen LogP contribution in [0.15, 0.2) is 34.8 Å². The van der Waals surface area contributed by atoms with Gasteiger partial charge in [-0.2, -0.15) is 0 Å². The second-order valence-corrected chi connectivity index (χ2v) is 7.68. The number of nitrogens with one attached hydrogen (secondary N) is 1. The van der Waals surface area contributed by atoms with Gasteiger partial charge in [-0.05, 0) is 42.8 Å². The molecule has 1 aliphatic rings. The first-order valence-electron chi connectivity index (χ1n) is 9.18. The van der Waals surface area contributed by atoms with Gasteiger partial charge in [-0.15, -0.1) is 0 Å². The summed E-state index contributed by atoms with van der Waals surface area (Å²) < 4.78 is 6.47. The smallest absolute Gasteiger partial charge is 0.410 e. The predicted octanol–water partition coefficient (Wildman–Crippen LogP) is 5.55. The number of fused-ring (bicyclic) bond motifs is 3. The minimum atomic E-state index is -0.227. The number of hydrogen-bond donors (Lipinski definition) is 1. The highest BCUT2D eigenvalue weighted by Crippen LogP contribution is 2.34. The molecule has 1 aliphatic heterocycles. The summed E-state index contributed by atoms with van der Waals surface area (Å²) in [6, 6.07) is 10.3. The minimum absolute atomic E-state index is 0.0398. The maximum atomic E-state index is 12.4. The first kappa shape index (κ1) is 17.3. The van der Waals surface area contributed by atoms with Crippen molar-refractivity contribution in [3.05, 3.63) is 40.6 Å². The predicted molar refractivity (Wildman–Crippen MR) is 106 cm³/mol. The number of aromatic amines is 1. The minimum Gasteiger partial charge on any atom is -0.449 e. The Morgan fingerprint density at radius 2 is 2.27 bits per heavy atom. The lowest BCUT2D eigenvalue weighted by molar-refractivity contribution is 0.0957. The molecule has 4 rings (SSSR count). The molecule has 1 fully saturated rings. The van der Waals surface area contributed by atoms with E-state index in [-0.39, 0.29) is 12.1 Å². The van der Waals surface area contributed by atoms with Crippen LogP contribution in [0.1, 0.15) is 44.5 Å². The summed E-state index contributed by atoms with van der Waals surface area (Å²) in [5.41, 5.74) is 1.96. The molecular formula is C20H22BrN3O2. The number of likely N-dealkylation sites (tertiary alicyclic amines) is 1. The number of nitrogens with zero attached hydrogens (tertiary/aromatic N) is 2. The van der Waals surface area contributed by atoms with Gasteiger partial charge in [0.2, 0.25) is 0 Å². The standard InChI is InChI=1S/C20H22BrN3O2/c1-2-3-11-26-20(25)24-10-4-5-17(24)19-22-16-9-6-13-12-14(21)7-8-15(13)18(16)23-19/h6-9,12,17H,2-5,10-11H2,1H3,(H,22,23).